The van der Waals surface area contributed by atoms with Crippen LogP contribution in [0.25, 0.3) is 0 Å². The van der Waals surface area contributed by atoms with E-state index < -0.39 is 0 Å². The molecule has 0 bridgehead atoms. The average molecular weight is 334 g/mol. The monoisotopic (exact) mass is 334 g/mol. The van der Waals surface area contributed by atoms with E-state index >= 15 is 0 Å². The first-order valence-electron chi connectivity index (χ1n) is 8.18. The van der Waals surface area contributed by atoms with Gasteiger partial charge in [0.1, 0.15) is 10.8 Å². The molecule has 1 atom stereocenters. The second-order valence-corrected chi connectivity index (χ2v) is 7.03. The molecule has 1 fully saturated rings. The molecule has 124 valence electrons. The number of thiazole rings is 1. The van der Waals surface area contributed by atoms with Crippen molar-refractivity contribution in [1.82, 2.24) is 10.3 Å². The SMILES string of the molecule is COCc1nc(CNC(c2ccccc2F)C2CCCC2)cs1. The number of aromatic nitrogens is 1. The van der Waals surface area contributed by atoms with Gasteiger partial charge in [0.2, 0.25) is 0 Å². The van der Waals surface area contributed by atoms with Crippen molar-refractivity contribution in [3.05, 3.63) is 51.7 Å². The van der Waals surface area contributed by atoms with Crippen molar-refractivity contribution in [2.45, 2.75) is 44.9 Å². The smallest absolute Gasteiger partial charge is 0.127 e. The molecule has 1 aliphatic rings. The standard InChI is InChI=1S/C18H23FN2OS/c1-22-11-17-21-14(12-23-17)10-20-18(13-6-2-3-7-13)15-8-4-5-9-16(15)19/h4-5,8-9,12-13,18,20H,2-3,6-7,10-11H2,1H3. The molecule has 0 saturated heterocycles. The van der Waals surface area contributed by atoms with Crippen LogP contribution < -0.4 is 5.32 Å². The number of rotatable bonds is 7. The summed E-state index contributed by atoms with van der Waals surface area (Å²) in [6.45, 7) is 1.21. The number of nitrogens with zero attached hydrogens (tertiary/aromatic N) is 1. The number of hydrogen-bond donors (Lipinski definition) is 1. The predicted molar refractivity (Wildman–Crippen MR) is 90.8 cm³/mol. The van der Waals surface area contributed by atoms with Crippen molar-refractivity contribution >= 4 is 11.3 Å². The topological polar surface area (TPSA) is 34.1 Å². The van der Waals surface area contributed by atoms with Gasteiger partial charge in [-0.3, -0.25) is 0 Å². The largest absolute Gasteiger partial charge is 0.378 e. The second-order valence-electron chi connectivity index (χ2n) is 6.09. The van der Waals surface area contributed by atoms with Crippen LogP contribution in [0.3, 0.4) is 0 Å². The maximum atomic E-state index is 14.3. The van der Waals surface area contributed by atoms with Gasteiger partial charge in [0.15, 0.2) is 0 Å². The van der Waals surface area contributed by atoms with Crippen molar-refractivity contribution in [2.75, 3.05) is 7.11 Å². The van der Waals surface area contributed by atoms with Crippen molar-refractivity contribution in [3.63, 3.8) is 0 Å². The highest BCUT2D eigenvalue weighted by atomic mass is 32.1. The molecule has 1 saturated carbocycles. The molecule has 0 amide bonds. The average Bonchev–Trinajstić information content (AvgIpc) is 3.22. The van der Waals surface area contributed by atoms with E-state index in [1.807, 2.05) is 12.1 Å². The molecule has 1 N–H and O–H groups in total. The van der Waals surface area contributed by atoms with Crippen LogP contribution in [0.5, 0.6) is 0 Å². The van der Waals surface area contributed by atoms with Crippen LogP contribution in [-0.4, -0.2) is 12.1 Å². The molecule has 1 unspecified atom stereocenters. The first-order valence-corrected chi connectivity index (χ1v) is 9.06. The number of halogens is 1. The van der Waals surface area contributed by atoms with Crippen molar-refractivity contribution in [2.24, 2.45) is 5.92 Å². The minimum atomic E-state index is -0.116. The molecule has 5 heteroatoms. The Kier molecular flexibility index (Phi) is 5.75. The summed E-state index contributed by atoms with van der Waals surface area (Å²) in [6, 6.07) is 7.19. The van der Waals surface area contributed by atoms with Gasteiger partial charge in [0.05, 0.1) is 12.3 Å². The molecule has 1 aromatic carbocycles. The van der Waals surface area contributed by atoms with Crippen LogP contribution in [0.1, 0.15) is 48.0 Å². The second kappa shape index (κ2) is 7.99. The summed E-state index contributed by atoms with van der Waals surface area (Å²) in [6.07, 6.45) is 4.81. The molecule has 0 aliphatic heterocycles. The van der Waals surface area contributed by atoms with Gasteiger partial charge in [-0.1, -0.05) is 31.0 Å². The van der Waals surface area contributed by atoms with Gasteiger partial charge in [-0.25, -0.2) is 9.37 Å². The van der Waals surface area contributed by atoms with Crippen LogP contribution in [0.2, 0.25) is 0 Å². The molecule has 1 heterocycles. The van der Waals surface area contributed by atoms with Gasteiger partial charge in [-0.15, -0.1) is 11.3 Å². The molecular weight excluding hydrogens is 311 g/mol. The van der Waals surface area contributed by atoms with Gasteiger partial charge >= 0.3 is 0 Å². The summed E-state index contributed by atoms with van der Waals surface area (Å²) in [4.78, 5) is 4.55. The normalized spacial score (nSPS) is 16.8. The molecule has 2 aromatic rings. The quantitative estimate of drug-likeness (QED) is 0.812. The summed E-state index contributed by atoms with van der Waals surface area (Å²) in [5.41, 5.74) is 1.79. The van der Waals surface area contributed by atoms with E-state index in [2.05, 4.69) is 15.7 Å². The van der Waals surface area contributed by atoms with E-state index in [0.717, 1.165) is 29.1 Å². The molecule has 0 radical (unpaired) electrons. The predicted octanol–water partition coefficient (Wildman–Crippen LogP) is 4.45. The van der Waals surface area contributed by atoms with Crippen LogP contribution in [0.4, 0.5) is 4.39 Å². The lowest BCUT2D eigenvalue weighted by atomic mass is 9.91. The molecule has 23 heavy (non-hydrogen) atoms. The van der Waals surface area contributed by atoms with Crippen molar-refractivity contribution < 1.29 is 9.13 Å². The van der Waals surface area contributed by atoms with Crippen molar-refractivity contribution in [1.29, 1.82) is 0 Å². The number of benzene rings is 1. The van der Waals surface area contributed by atoms with E-state index in [1.165, 1.54) is 12.8 Å². The highest BCUT2D eigenvalue weighted by Gasteiger charge is 2.27. The Bertz CT molecular complexity index is 625. The summed E-state index contributed by atoms with van der Waals surface area (Å²) in [7, 11) is 1.67. The first kappa shape index (κ1) is 16.6. The minimum Gasteiger partial charge on any atom is -0.378 e. The highest BCUT2D eigenvalue weighted by Crippen LogP contribution is 2.36. The zero-order valence-electron chi connectivity index (χ0n) is 13.4. The fourth-order valence-electron chi connectivity index (χ4n) is 3.38. The summed E-state index contributed by atoms with van der Waals surface area (Å²) in [5.74, 6) is 0.388. The molecule has 1 aromatic heterocycles. The van der Waals surface area contributed by atoms with E-state index in [9.17, 15) is 4.39 Å². The Labute approximate surface area is 140 Å². The van der Waals surface area contributed by atoms with Gasteiger partial charge < -0.3 is 10.1 Å². The van der Waals surface area contributed by atoms with E-state index in [-0.39, 0.29) is 11.9 Å². The zero-order chi connectivity index (χ0) is 16.1. The fourth-order valence-corrected chi connectivity index (χ4v) is 4.15. The Morgan fingerprint density at radius 1 is 1.35 bits per heavy atom. The Morgan fingerprint density at radius 2 is 2.13 bits per heavy atom. The first-order chi connectivity index (χ1) is 11.3. The van der Waals surface area contributed by atoms with Crippen LogP contribution in [0.15, 0.2) is 29.6 Å². The molecule has 0 spiro atoms. The lowest BCUT2D eigenvalue weighted by Gasteiger charge is -2.25. The van der Waals surface area contributed by atoms with Crippen LogP contribution >= 0.6 is 11.3 Å². The third kappa shape index (κ3) is 4.16. The van der Waals surface area contributed by atoms with E-state index in [0.29, 0.717) is 19.1 Å². The maximum Gasteiger partial charge on any atom is 0.127 e. The zero-order valence-corrected chi connectivity index (χ0v) is 14.2. The highest BCUT2D eigenvalue weighted by molar-refractivity contribution is 7.09. The fraction of sp³-hybridized carbons (Fsp3) is 0.500. The summed E-state index contributed by atoms with van der Waals surface area (Å²) in [5, 5.41) is 6.58. The Balaban J connectivity index is 1.72. The van der Waals surface area contributed by atoms with E-state index in [1.54, 1.807) is 30.6 Å². The molecule has 3 nitrogen and oxygen atoms in total. The number of nitrogens with one attached hydrogen (secondary N) is 1. The third-order valence-electron chi connectivity index (χ3n) is 4.48. The summed E-state index contributed by atoms with van der Waals surface area (Å²) >= 11 is 1.61. The Hall–Kier alpha value is -1.30. The van der Waals surface area contributed by atoms with Crippen molar-refractivity contribution in [3.8, 4) is 0 Å². The van der Waals surface area contributed by atoms with E-state index in [4.69, 9.17) is 4.74 Å². The van der Waals surface area contributed by atoms with Crippen LogP contribution in [-0.2, 0) is 17.9 Å². The van der Waals surface area contributed by atoms with Gasteiger partial charge in [-0.05, 0) is 24.8 Å². The van der Waals surface area contributed by atoms with Crippen LogP contribution in [0, 0.1) is 11.7 Å². The number of ether oxygens (including phenoxy) is 1. The lowest BCUT2D eigenvalue weighted by Crippen LogP contribution is -2.27. The maximum absolute atomic E-state index is 14.3. The number of hydrogen-bond acceptors (Lipinski definition) is 4. The lowest BCUT2D eigenvalue weighted by molar-refractivity contribution is 0.184. The molecule has 1 aliphatic carbocycles. The van der Waals surface area contributed by atoms with Gasteiger partial charge in [0.25, 0.3) is 0 Å². The third-order valence-corrected chi connectivity index (χ3v) is 5.35. The molecular formula is C18H23FN2OS. The molecule has 3 rings (SSSR count). The van der Waals surface area contributed by atoms with Gasteiger partial charge in [0, 0.05) is 30.6 Å². The number of methoxy groups -OCH3 is 1. The minimum absolute atomic E-state index is 0.0614. The van der Waals surface area contributed by atoms with Gasteiger partial charge in [-0.2, -0.15) is 0 Å². The Morgan fingerprint density at radius 3 is 2.87 bits per heavy atom. The summed E-state index contributed by atoms with van der Waals surface area (Å²) < 4.78 is 19.4.